The monoisotopic (exact) mass is 406 g/mol. The lowest BCUT2D eigenvalue weighted by molar-refractivity contribution is 0.0992. The van der Waals surface area contributed by atoms with Gasteiger partial charge in [-0.15, -0.1) is 0 Å². The first kappa shape index (κ1) is 19.0. The molecule has 0 bridgehead atoms. The summed E-state index contributed by atoms with van der Waals surface area (Å²) in [6.45, 7) is 3.08. The summed E-state index contributed by atoms with van der Waals surface area (Å²) in [5.41, 5.74) is 4.85. The van der Waals surface area contributed by atoms with Gasteiger partial charge in [-0.25, -0.2) is 4.98 Å². The number of pyridine rings is 2. The Hall–Kier alpha value is -3.99. The molecule has 0 aliphatic heterocycles. The number of nitrogens with one attached hydrogen (secondary N) is 1. The fraction of sp³-hybridized carbons (Fsp3) is 0.115. The highest BCUT2D eigenvalue weighted by molar-refractivity contribution is 6.09. The third kappa shape index (κ3) is 3.55. The molecule has 5 rings (SSSR count). The summed E-state index contributed by atoms with van der Waals surface area (Å²) in [6, 6.07) is 22.2. The summed E-state index contributed by atoms with van der Waals surface area (Å²) >= 11 is 0. The molecule has 152 valence electrons. The Kier molecular flexibility index (Phi) is 4.92. The van der Waals surface area contributed by atoms with Gasteiger partial charge in [0, 0.05) is 70.2 Å². The Labute approximate surface area is 180 Å². The largest absolute Gasteiger partial charge is 0.341 e. The Morgan fingerprint density at radius 1 is 0.935 bits per heavy atom. The van der Waals surface area contributed by atoms with Crippen LogP contribution < -0.4 is 5.32 Å². The number of carbonyl (C=O) groups is 1. The van der Waals surface area contributed by atoms with E-state index < -0.39 is 0 Å². The molecule has 0 spiro atoms. The van der Waals surface area contributed by atoms with Gasteiger partial charge >= 0.3 is 0 Å². The van der Waals surface area contributed by atoms with E-state index in [1.54, 1.807) is 30.7 Å². The molecule has 3 heterocycles. The second-order valence-corrected chi connectivity index (χ2v) is 7.47. The zero-order valence-electron chi connectivity index (χ0n) is 17.2. The fourth-order valence-corrected chi connectivity index (χ4v) is 4.11. The predicted molar refractivity (Wildman–Crippen MR) is 125 cm³/mol. The van der Waals surface area contributed by atoms with Gasteiger partial charge in [-0.3, -0.25) is 9.78 Å². The van der Waals surface area contributed by atoms with Crippen LogP contribution in [0.2, 0.25) is 0 Å². The highest BCUT2D eigenvalue weighted by Gasteiger charge is 2.13. The van der Waals surface area contributed by atoms with E-state index in [4.69, 9.17) is 0 Å². The van der Waals surface area contributed by atoms with E-state index in [1.807, 2.05) is 12.1 Å². The Bertz CT molecular complexity index is 1390. The number of ketones is 1. The van der Waals surface area contributed by atoms with Gasteiger partial charge in [0.05, 0.1) is 0 Å². The zero-order valence-corrected chi connectivity index (χ0v) is 17.2. The summed E-state index contributed by atoms with van der Waals surface area (Å²) in [5.74, 6) is 0.712. The molecule has 0 fully saturated rings. The molecule has 0 aliphatic carbocycles. The number of anilines is 2. The number of fused-ring (bicyclic) bond motifs is 3. The van der Waals surface area contributed by atoms with E-state index in [9.17, 15) is 4.79 Å². The molecule has 0 saturated carbocycles. The summed E-state index contributed by atoms with van der Waals surface area (Å²) in [4.78, 5) is 21.2. The molecule has 5 heteroatoms. The normalized spacial score (nSPS) is 11.1. The van der Waals surface area contributed by atoms with E-state index in [0.717, 1.165) is 17.8 Å². The first-order valence-electron chi connectivity index (χ1n) is 10.4. The summed E-state index contributed by atoms with van der Waals surface area (Å²) in [6.07, 6.45) is 5.27. The van der Waals surface area contributed by atoms with Gasteiger partial charge in [0.15, 0.2) is 5.78 Å². The Balaban J connectivity index is 1.49. The van der Waals surface area contributed by atoms with E-state index in [2.05, 4.69) is 69.2 Å². The molecule has 3 aromatic heterocycles. The summed E-state index contributed by atoms with van der Waals surface area (Å²) in [5, 5.41) is 5.86. The first-order valence-corrected chi connectivity index (χ1v) is 10.4. The maximum Gasteiger partial charge on any atom is 0.168 e. The lowest BCUT2D eigenvalue weighted by atomic mass is 10.0. The zero-order chi connectivity index (χ0) is 21.2. The summed E-state index contributed by atoms with van der Waals surface area (Å²) < 4.78 is 2.33. The third-order valence-electron chi connectivity index (χ3n) is 5.58. The van der Waals surface area contributed by atoms with Crippen LogP contribution in [0.25, 0.3) is 21.8 Å². The predicted octanol–water partition coefficient (Wildman–Crippen LogP) is 5.77. The molecule has 5 aromatic rings. The van der Waals surface area contributed by atoms with Gasteiger partial charge < -0.3 is 9.88 Å². The van der Waals surface area contributed by atoms with Crippen molar-refractivity contribution in [2.45, 2.75) is 19.9 Å². The highest BCUT2D eigenvalue weighted by atomic mass is 16.1. The van der Waals surface area contributed by atoms with Crippen molar-refractivity contribution >= 4 is 39.1 Å². The van der Waals surface area contributed by atoms with Gasteiger partial charge in [0.2, 0.25) is 0 Å². The van der Waals surface area contributed by atoms with Crippen LogP contribution in [-0.4, -0.2) is 20.3 Å². The number of nitrogens with zero attached hydrogens (tertiary/aromatic N) is 3. The number of benzene rings is 2. The van der Waals surface area contributed by atoms with Crippen molar-refractivity contribution in [2.24, 2.45) is 0 Å². The second-order valence-electron chi connectivity index (χ2n) is 7.47. The fourth-order valence-electron chi connectivity index (χ4n) is 4.11. The molecule has 0 amide bonds. The average Bonchev–Trinajstić information content (AvgIpc) is 3.14. The van der Waals surface area contributed by atoms with Gasteiger partial charge in [0.25, 0.3) is 0 Å². The van der Waals surface area contributed by atoms with Crippen LogP contribution in [0.5, 0.6) is 0 Å². The van der Waals surface area contributed by atoms with Crippen molar-refractivity contribution in [2.75, 3.05) is 5.32 Å². The number of Topliss-reactive ketones (excluding diaryl/α,β-unsaturated/α-hetero) is 1. The molecular formula is C26H22N4O. The number of rotatable bonds is 6. The van der Waals surface area contributed by atoms with E-state index in [0.29, 0.717) is 11.4 Å². The van der Waals surface area contributed by atoms with Crippen LogP contribution in [0, 0.1) is 0 Å². The van der Waals surface area contributed by atoms with Crippen molar-refractivity contribution in [3.8, 4) is 0 Å². The molecule has 0 unspecified atom stereocenters. The van der Waals surface area contributed by atoms with Crippen molar-refractivity contribution in [3.05, 3.63) is 96.4 Å². The third-order valence-corrected chi connectivity index (χ3v) is 5.58. The van der Waals surface area contributed by atoms with Gasteiger partial charge in [-0.05, 0) is 49.4 Å². The van der Waals surface area contributed by atoms with Crippen LogP contribution in [0.4, 0.5) is 11.5 Å². The van der Waals surface area contributed by atoms with Gasteiger partial charge in [-0.1, -0.05) is 24.3 Å². The maximum atomic E-state index is 12.7. The van der Waals surface area contributed by atoms with Crippen molar-refractivity contribution in [3.63, 3.8) is 0 Å². The van der Waals surface area contributed by atoms with Crippen LogP contribution in [0.1, 0.15) is 22.8 Å². The molecule has 0 saturated heterocycles. The van der Waals surface area contributed by atoms with Crippen LogP contribution in [-0.2, 0) is 13.0 Å². The van der Waals surface area contributed by atoms with Crippen molar-refractivity contribution in [1.29, 1.82) is 0 Å². The Morgan fingerprint density at radius 2 is 1.77 bits per heavy atom. The molecule has 0 aliphatic rings. The number of aromatic nitrogens is 3. The van der Waals surface area contributed by atoms with E-state index in [1.165, 1.54) is 21.8 Å². The topological polar surface area (TPSA) is 59.8 Å². The number of para-hydroxylation sites is 1. The molecule has 2 aromatic carbocycles. The lowest BCUT2D eigenvalue weighted by Gasteiger charge is -2.11. The average molecular weight is 406 g/mol. The molecule has 5 nitrogen and oxygen atoms in total. The second kappa shape index (κ2) is 8.03. The molecule has 1 N–H and O–H groups in total. The lowest BCUT2D eigenvalue weighted by Crippen LogP contribution is -2.07. The summed E-state index contributed by atoms with van der Waals surface area (Å²) in [7, 11) is 0. The minimum absolute atomic E-state index is 0.0191. The maximum absolute atomic E-state index is 12.7. The number of aryl methyl sites for hydroxylation is 1. The van der Waals surface area contributed by atoms with Crippen molar-refractivity contribution in [1.82, 2.24) is 14.5 Å². The van der Waals surface area contributed by atoms with E-state index in [-0.39, 0.29) is 12.2 Å². The smallest absolute Gasteiger partial charge is 0.168 e. The van der Waals surface area contributed by atoms with Gasteiger partial charge in [0.1, 0.15) is 5.82 Å². The molecule has 0 atom stereocenters. The standard InChI is InChI=1S/C26H22N4O/c1-2-30-23-10-4-3-9-21(23)22-16-20(11-12-24(22)30)29-26-18(7-6-14-28-26)15-25(31)19-8-5-13-27-17-19/h3-14,16-17H,2,15H2,1H3,(H,28,29). The minimum Gasteiger partial charge on any atom is -0.341 e. The highest BCUT2D eigenvalue weighted by Crippen LogP contribution is 2.32. The number of hydrogen-bond acceptors (Lipinski definition) is 4. The molecule has 0 radical (unpaired) electrons. The van der Waals surface area contributed by atoms with Crippen molar-refractivity contribution < 1.29 is 4.79 Å². The SMILES string of the molecule is CCn1c2ccccc2c2cc(Nc3ncccc3CC(=O)c3cccnc3)ccc21. The molecule has 31 heavy (non-hydrogen) atoms. The van der Waals surface area contributed by atoms with Crippen LogP contribution >= 0.6 is 0 Å². The van der Waals surface area contributed by atoms with E-state index >= 15 is 0 Å². The number of hydrogen-bond donors (Lipinski definition) is 1. The van der Waals surface area contributed by atoms with Crippen LogP contribution in [0.15, 0.2) is 85.3 Å². The quantitative estimate of drug-likeness (QED) is 0.364. The van der Waals surface area contributed by atoms with Gasteiger partial charge in [-0.2, -0.15) is 0 Å². The molecular weight excluding hydrogens is 384 g/mol. The van der Waals surface area contributed by atoms with Crippen LogP contribution in [0.3, 0.4) is 0 Å². The first-order chi connectivity index (χ1) is 15.2. The Morgan fingerprint density at radius 3 is 2.61 bits per heavy atom. The number of carbonyl (C=O) groups excluding carboxylic acids is 1. The minimum atomic E-state index is 0.0191.